The van der Waals surface area contributed by atoms with Gasteiger partial charge >= 0.3 is 0 Å². The minimum atomic E-state index is -0.296. The first-order valence-electron chi connectivity index (χ1n) is 8.15. The van der Waals surface area contributed by atoms with Gasteiger partial charge in [-0.05, 0) is 56.8 Å². The lowest BCUT2D eigenvalue weighted by Gasteiger charge is -2.23. The van der Waals surface area contributed by atoms with Crippen molar-refractivity contribution in [2.75, 3.05) is 31.1 Å². The van der Waals surface area contributed by atoms with Crippen LogP contribution in [0.5, 0.6) is 0 Å². The second-order valence-corrected chi connectivity index (χ2v) is 6.50. The van der Waals surface area contributed by atoms with E-state index in [2.05, 4.69) is 0 Å². The molecule has 0 radical (unpaired) electrons. The Bertz CT molecular complexity index is 557. The van der Waals surface area contributed by atoms with E-state index < -0.39 is 0 Å². The van der Waals surface area contributed by atoms with Gasteiger partial charge in [-0.2, -0.15) is 0 Å². The molecule has 5 heteroatoms. The summed E-state index contributed by atoms with van der Waals surface area (Å²) in [7, 11) is 0. The summed E-state index contributed by atoms with van der Waals surface area (Å²) in [4.78, 5) is 16.5. The summed E-state index contributed by atoms with van der Waals surface area (Å²) in [5.41, 5.74) is 6.76. The van der Waals surface area contributed by atoms with Crippen molar-refractivity contribution in [2.24, 2.45) is 11.7 Å². The Morgan fingerprint density at radius 1 is 1.36 bits per heavy atom. The molecule has 1 aromatic rings. The molecule has 22 heavy (non-hydrogen) atoms. The number of hydrogen-bond donors (Lipinski definition) is 1. The Labute approximate surface area is 131 Å². The van der Waals surface area contributed by atoms with Crippen molar-refractivity contribution in [1.82, 2.24) is 4.90 Å². The SMILES string of the molecule is CC1CC(CN)CN1C(=O)c1ccc(N2CCCC2)c(F)c1. The summed E-state index contributed by atoms with van der Waals surface area (Å²) in [5, 5.41) is 0. The third-order valence-corrected chi connectivity index (χ3v) is 4.90. The molecule has 2 heterocycles. The molecule has 2 saturated heterocycles. The lowest BCUT2D eigenvalue weighted by atomic mass is 10.1. The molecule has 0 spiro atoms. The zero-order valence-corrected chi connectivity index (χ0v) is 13.1. The van der Waals surface area contributed by atoms with Crippen LogP contribution in [-0.4, -0.2) is 43.0 Å². The van der Waals surface area contributed by atoms with Gasteiger partial charge in [0.25, 0.3) is 5.91 Å². The van der Waals surface area contributed by atoms with E-state index in [4.69, 9.17) is 5.73 Å². The van der Waals surface area contributed by atoms with Crippen molar-refractivity contribution < 1.29 is 9.18 Å². The van der Waals surface area contributed by atoms with Crippen molar-refractivity contribution >= 4 is 11.6 Å². The van der Waals surface area contributed by atoms with Crippen LogP contribution in [0.4, 0.5) is 10.1 Å². The highest BCUT2D eigenvalue weighted by molar-refractivity contribution is 5.95. The zero-order valence-electron chi connectivity index (χ0n) is 13.1. The van der Waals surface area contributed by atoms with Gasteiger partial charge in [0.05, 0.1) is 5.69 Å². The number of nitrogens with two attached hydrogens (primary N) is 1. The van der Waals surface area contributed by atoms with E-state index in [0.717, 1.165) is 32.4 Å². The second kappa shape index (κ2) is 6.24. The van der Waals surface area contributed by atoms with Gasteiger partial charge in [-0.25, -0.2) is 4.39 Å². The topological polar surface area (TPSA) is 49.6 Å². The summed E-state index contributed by atoms with van der Waals surface area (Å²) >= 11 is 0. The third kappa shape index (κ3) is 2.82. The lowest BCUT2D eigenvalue weighted by molar-refractivity contribution is 0.0743. The standard InChI is InChI=1S/C17H24FN3O/c1-12-8-13(10-19)11-21(12)17(22)14-4-5-16(15(18)9-14)20-6-2-3-7-20/h4-5,9,12-13H,2-3,6-8,10-11,19H2,1H3. The van der Waals surface area contributed by atoms with Crippen LogP contribution in [0.1, 0.15) is 36.5 Å². The van der Waals surface area contributed by atoms with Crippen LogP contribution in [0, 0.1) is 11.7 Å². The molecular formula is C17H24FN3O. The fourth-order valence-electron chi connectivity index (χ4n) is 3.62. The summed E-state index contributed by atoms with van der Waals surface area (Å²) in [5.74, 6) is -0.0297. The monoisotopic (exact) mass is 305 g/mol. The molecule has 2 aliphatic heterocycles. The normalized spacial score (nSPS) is 25.0. The summed E-state index contributed by atoms with van der Waals surface area (Å²) in [6.07, 6.45) is 3.13. The number of likely N-dealkylation sites (tertiary alicyclic amines) is 1. The van der Waals surface area contributed by atoms with Crippen LogP contribution in [0.3, 0.4) is 0 Å². The molecule has 2 unspecified atom stereocenters. The maximum absolute atomic E-state index is 14.4. The van der Waals surface area contributed by atoms with Crippen LogP contribution in [-0.2, 0) is 0 Å². The highest BCUT2D eigenvalue weighted by Gasteiger charge is 2.32. The number of halogens is 1. The van der Waals surface area contributed by atoms with Crippen LogP contribution >= 0.6 is 0 Å². The molecule has 0 bridgehead atoms. The zero-order chi connectivity index (χ0) is 15.7. The molecule has 2 aliphatic rings. The molecule has 2 fully saturated rings. The maximum Gasteiger partial charge on any atom is 0.254 e. The Balaban J connectivity index is 1.77. The highest BCUT2D eigenvalue weighted by atomic mass is 19.1. The van der Waals surface area contributed by atoms with Gasteiger partial charge in [-0.1, -0.05) is 0 Å². The summed E-state index contributed by atoms with van der Waals surface area (Å²) in [6, 6.07) is 5.05. The molecular weight excluding hydrogens is 281 g/mol. The quantitative estimate of drug-likeness (QED) is 0.931. The van der Waals surface area contributed by atoms with Crippen LogP contribution < -0.4 is 10.6 Å². The fraction of sp³-hybridized carbons (Fsp3) is 0.588. The number of carbonyl (C=O) groups excluding carboxylic acids is 1. The average Bonchev–Trinajstić information content (AvgIpc) is 3.15. The predicted octanol–water partition coefficient (Wildman–Crippen LogP) is 2.24. The predicted molar refractivity (Wildman–Crippen MR) is 85.5 cm³/mol. The van der Waals surface area contributed by atoms with Gasteiger partial charge in [0.2, 0.25) is 0 Å². The molecule has 4 nitrogen and oxygen atoms in total. The summed E-state index contributed by atoms with van der Waals surface area (Å²) in [6.45, 7) is 5.09. The van der Waals surface area contributed by atoms with Crippen LogP contribution in [0.15, 0.2) is 18.2 Å². The first-order chi connectivity index (χ1) is 10.6. The minimum absolute atomic E-state index is 0.0877. The first-order valence-corrected chi connectivity index (χ1v) is 8.15. The molecule has 0 aliphatic carbocycles. The number of carbonyl (C=O) groups is 1. The minimum Gasteiger partial charge on any atom is -0.369 e. The van der Waals surface area contributed by atoms with Crippen molar-refractivity contribution in [2.45, 2.75) is 32.2 Å². The number of hydrogen-bond acceptors (Lipinski definition) is 3. The molecule has 120 valence electrons. The van der Waals surface area contributed by atoms with E-state index in [9.17, 15) is 9.18 Å². The lowest BCUT2D eigenvalue weighted by Crippen LogP contribution is -2.34. The van der Waals surface area contributed by atoms with Gasteiger partial charge in [-0.15, -0.1) is 0 Å². The number of rotatable bonds is 3. The summed E-state index contributed by atoms with van der Waals surface area (Å²) < 4.78 is 14.4. The van der Waals surface area contributed by atoms with E-state index in [1.807, 2.05) is 16.7 Å². The molecule has 0 aromatic heterocycles. The number of amides is 1. The van der Waals surface area contributed by atoms with E-state index in [-0.39, 0.29) is 17.8 Å². The highest BCUT2D eigenvalue weighted by Crippen LogP contribution is 2.27. The van der Waals surface area contributed by atoms with Gasteiger partial charge in [0.15, 0.2) is 0 Å². The van der Waals surface area contributed by atoms with Gasteiger partial charge < -0.3 is 15.5 Å². The van der Waals surface area contributed by atoms with E-state index in [1.54, 1.807) is 12.1 Å². The maximum atomic E-state index is 14.4. The number of benzene rings is 1. The molecule has 3 rings (SSSR count). The Hall–Kier alpha value is -1.62. The van der Waals surface area contributed by atoms with Gasteiger partial charge in [0.1, 0.15) is 5.82 Å². The Morgan fingerprint density at radius 3 is 2.68 bits per heavy atom. The molecule has 2 atom stereocenters. The Kier molecular flexibility index (Phi) is 4.34. The smallest absolute Gasteiger partial charge is 0.254 e. The second-order valence-electron chi connectivity index (χ2n) is 6.50. The van der Waals surface area contributed by atoms with E-state index in [0.29, 0.717) is 30.3 Å². The van der Waals surface area contributed by atoms with Gasteiger partial charge in [-0.3, -0.25) is 4.79 Å². The molecule has 1 aromatic carbocycles. The molecule has 2 N–H and O–H groups in total. The van der Waals surface area contributed by atoms with Crippen molar-refractivity contribution in [3.05, 3.63) is 29.6 Å². The van der Waals surface area contributed by atoms with Crippen LogP contribution in [0.25, 0.3) is 0 Å². The molecule has 0 saturated carbocycles. The number of nitrogens with zero attached hydrogens (tertiary/aromatic N) is 2. The fourth-order valence-corrected chi connectivity index (χ4v) is 3.62. The Morgan fingerprint density at radius 2 is 2.09 bits per heavy atom. The van der Waals surface area contributed by atoms with E-state index >= 15 is 0 Å². The average molecular weight is 305 g/mol. The van der Waals surface area contributed by atoms with Crippen LogP contribution in [0.2, 0.25) is 0 Å². The van der Waals surface area contributed by atoms with Crippen molar-refractivity contribution in [3.63, 3.8) is 0 Å². The number of anilines is 1. The van der Waals surface area contributed by atoms with Crippen molar-refractivity contribution in [3.8, 4) is 0 Å². The van der Waals surface area contributed by atoms with Gasteiger partial charge in [0, 0.05) is 31.2 Å². The van der Waals surface area contributed by atoms with E-state index in [1.165, 1.54) is 6.07 Å². The van der Waals surface area contributed by atoms with Crippen molar-refractivity contribution in [1.29, 1.82) is 0 Å². The largest absolute Gasteiger partial charge is 0.369 e. The molecule has 1 amide bonds. The first kappa shape index (κ1) is 15.3. The third-order valence-electron chi connectivity index (χ3n) is 4.90.